The third kappa shape index (κ3) is 6.66. The number of ether oxygens (including phenoxy) is 2. The molecule has 0 bridgehead atoms. The molecule has 14 heteroatoms. The van der Waals surface area contributed by atoms with Gasteiger partial charge in [0, 0.05) is 0 Å². The summed E-state index contributed by atoms with van der Waals surface area (Å²) < 4.78 is 39.5. The minimum Gasteiger partial charge on any atom is -0.478 e. The van der Waals surface area contributed by atoms with E-state index < -0.39 is 40.4 Å². The van der Waals surface area contributed by atoms with Gasteiger partial charge in [0.05, 0.1) is 17.5 Å². The van der Waals surface area contributed by atoms with Gasteiger partial charge >= 0.3 is 17.9 Å². The van der Waals surface area contributed by atoms with Crippen molar-refractivity contribution in [2.24, 2.45) is 0 Å². The fourth-order valence-corrected chi connectivity index (χ4v) is 3.76. The van der Waals surface area contributed by atoms with Crippen molar-refractivity contribution in [2.45, 2.75) is 25.4 Å². The molecule has 1 aromatic rings. The van der Waals surface area contributed by atoms with Crippen molar-refractivity contribution < 1.29 is 41.9 Å². The van der Waals surface area contributed by atoms with E-state index in [1.807, 2.05) is 23.5 Å². The van der Waals surface area contributed by atoms with Crippen molar-refractivity contribution in [3.63, 3.8) is 0 Å². The Morgan fingerprint density at radius 3 is 1.90 bits per heavy atom. The molecule has 0 fully saturated rings. The summed E-state index contributed by atoms with van der Waals surface area (Å²) in [5, 5.41) is 9.72. The number of esters is 2. The Bertz CT molecular complexity index is 931. The molecular formula is C16H24B4O9S. The molecule has 0 saturated heterocycles. The van der Waals surface area contributed by atoms with Gasteiger partial charge in [-0.1, -0.05) is 35.6 Å². The Morgan fingerprint density at radius 1 is 0.867 bits per heavy atom. The number of carbonyl (C=O) groups excluding carboxylic acids is 2. The second kappa shape index (κ2) is 11.3. The van der Waals surface area contributed by atoms with Crippen LogP contribution in [-0.2, 0) is 43.3 Å². The highest BCUT2D eigenvalue weighted by Crippen LogP contribution is 2.24. The minimum atomic E-state index is -4.25. The van der Waals surface area contributed by atoms with Gasteiger partial charge in [-0.25, -0.2) is 9.59 Å². The van der Waals surface area contributed by atoms with E-state index in [0.29, 0.717) is 30.0 Å². The van der Waals surface area contributed by atoms with Crippen molar-refractivity contribution >= 4 is 64.9 Å². The predicted molar refractivity (Wildman–Crippen MR) is 121 cm³/mol. The molecule has 160 valence electrons. The maximum atomic E-state index is 12.7. The Labute approximate surface area is 179 Å². The van der Waals surface area contributed by atoms with Crippen molar-refractivity contribution in [2.75, 3.05) is 19.0 Å². The Hall–Kier alpha value is -2.20. The van der Waals surface area contributed by atoms with Crippen LogP contribution in [0.4, 0.5) is 0 Å². The molecular weight excluding hydrogens is 411 g/mol. The summed E-state index contributed by atoms with van der Waals surface area (Å²) in [5.41, 5.74) is 2.89. The molecule has 0 heterocycles. The lowest BCUT2D eigenvalue weighted by molar-refractivity contribution is -0.143. The normalized spacial score (nSPS) is 11.1. The largest absolute Gasteiger partial charge is 0.478 e. The van der Waals surface area contributed by atoms with Crippen LogP contribution >= 0.6 is 0 Å². The SMILES string of the molecule is BCc1c(B)c(C(=O)O)c(C(=O)OCCC(=O)OCCS(=O)(=O)O)c(CB)c1CB. The van der Waals surface area contributed by atoms with Gasteiger partial charge in [0.25, 0.3) is 10.1 Å². The fourth-order valence-electron chi connectivity index (χ4n) is 3.47. The van der Waals surface area contributed by atoms with Crippen LogP contribution in [0.3, 0.4) is 0 Å². The smallest absolute Gasteiger partial charge is 0.339 e. The Morgan fingerprint density at radius 2 is 1.43 bits per heavy atom. The van der Waals surface area contributed by atoms with Gasteiger partial charge in [-0.2, -0.15) is 8.42 Å². The van der Waals surface area contributed by atoms with Gasteiger partial charge in [0.2, 0.25) is 0 Å². The molecule has 0 aliphatic rings. The van der Waals surface area contributed by atoms with Crippen molar-refractivity contribution in [1.29, 1.82) is 0 Å². The lowest BCUT2D eigenvalue weighted by Gasteiger charge is -2.22. The second-order valence-corrected chi connectivity index (χ2v) is 8.14. The lowest BCUT2D eigenvalue weighted by Crippen LogP contribution is -2.30. The molecule has 1 rings (SSSR count). The molecule has 30 heavy (non-hydrogen) atoms. The molecule has 0 amide bonds. The zero-order valence-electron chi connectivity index (χ0n) is 17.6. The van der Waals surface area contributed by atoms with Crippen LogP contribution in [0.1, 0.15) is 43.8 Å². The number of aromatic carboxylic acids is 1. The second-order valence-electron chi connectivity index (χ2n) is 6.57. The maximum Gasteiger partial charge on any atom is 0.339 e. The molecule has 0 unspecified atom stereocenters. The topological polar surface area (TPSA) is 144 Å². The summed E-state index contributed by atoms with van der Waals surface area (Å²) in [6, 6.07) is 0. The Kier molecular flexibility index (Phi) is 9.70. The summed E-state index contributed by atoms with van der Waals surface area (Å²) in [5.74, 6) is -3.61. The van der Waals surface area contributed by atoms with Crippen LogP contribution in [-0.4, -0.2) is 86.3 Å². The summed E-state index contributed by atoms with van der Waals surface area (Å²) in [4.78, 5) is 36.3. The predicted octanol–water partition coefficient (Wildman–Crippen LogP) is -3.98. The van der Waals surface area contributed by atoms with Gasteiger partial charge in [-0.15, -0.1) is 0 Å². The number of carboxylic acid groups (broad SMARTS) is 1. The molecule has 0 atom stereocenters. The number of carboxylic acids is 1. The quantitative estimate of drug-likeness (QED) is 0.202. The molecule has 0 aliphatic carbocycles. The van der Waals surface area contributed by atoms with E-state index in [2.05, 4.69) is 4.74 Å². The average Bonchev–Trinajstić information content (AvgIpc) is 2.65. The van der Waals surface area contributed by atoms with E-state index in [-0.39, 0.29) is 24.2 Å². The standard InChI is InChI=1S/C16H24B4O9S/c17-5-8-9(6-18)12(13(15(22)23)14(20)10(8)7-19)16(24)29-2-1-11(21)28-3-4-30(25,26)27/h1-7,17-20H2,(H,22,23)(H,25,26,27). The van der Waals surface area contributed by atoms with Crippen LogP contribution in [0, 0.1) is 0 Å². The van der Waals surface area contributed by atoms with E-state index in [1.54, 1.807) is 7.85 Å². The first-order valence-corrected chi connectivity index (χ1v) is 11.3. The van der Waals surface area contributed by atoms with Crippen molar-refractivity contribution in [1.82, 2.24) is 0 Å². The first-order valence-electron chi connectivity index (χ1n) is 9.66. The van der Waals surface area contributed by atoms with Crippen molar-refractivity contribution in [3.05, 3.63) is 27.8 Å². The highest BCUT2D eigenvalue weighted by molar-refractivity contribution is 7.85. The highest BCUT2D eigenvalue weighted by atomic mass is 32.2. The van der Waals surface area contributed by atoms with Gasteiger partial charge in [-0.3, -0.25) is 9.35 Å². The van der Waals surface area contributed by atoms with Gasteiger partial charge in [-0.05, 0) is 5.56 Å². The molecule has 1 aromatic carbocycles. The number of hydrogen-bond acceptors (Lipinski definition) is 7. The molecule has 0 saturated carbocycles. The van der Waals surface area contributed by atoms with E-state index in [1.165, 1.54) is 0 Å². The first kappa shape index (κ1) is 25.8. The fraction of sp³-hybridized carbons (Fsp3) is 0.438. The van der Waals surface area contributed by atoms with Crippen LogP contribution < -0.4 is 5.46 Å². The van der Waals surface area contributed by atoms with Gasteiger partial charge in [0.15, 0.2) is 0 Å². The first-order chi connectivity index (χ1) is 14.0. The number of carbonyl (C=O) groups is 3. The summed E-state index contributed by atoms with van der Waals surface area (Å²) in [6.45, 7) is -0.881. The number of hydrogen-bond donors (Lipinski definition) is 2. The number of rotatable bonds is 11. The van der Waals surface area contributed by atoms with E-state index >= 15 is 0 Å². The Balaban J connectivity index is 3.05. The number of benzene rings is 1. The van der Waals surface area contributed by atoms with E-state index in [4.69, 9.17) is 9.29 Å². The third-order valence-electron chi connectivity index (χ3n) is 4.73. The monoisotopic (exact) mass is 436 g/mol. The zero-order valence-corrected chi connectivity index (χ0v) is 18.4. The summed E-state index contributed by atoms with van der Waals surface area (Å²) >= 11 is 0. The summed E-state index contributed by atoms with van der Waals surface area (Å²) in [6.07, 6.45) is 1.37. The third-order valence-corrected chi connectivity index (χ3v) is 5.41. The maximum absolute atomic E-state index is 12.7. The zero-order chi connectivity index (χ0) is 23.1. The molecule has 2 N–H and O–H groups in total. The van der Waals surface area contributed by atoms with E-state index in [9.17, 15) is 27.9 Å². The molecule has 9 nitrogen and oxygen atoms in total. The van der Waals surface area contributed by atoms with E-state index in [0.717, 1.165) is 11.1 Å². The van der Waals surface area contributed by atoms with Crippen LogP contribution in [0.2, 0.25) is 0 Å². The summed E-state index contributed by atoms with van der Waals surface area (Å²) in [7, 11) is 3.12. The lowest BCUT2D eigenvalue weighted by atomic mass is 9.70. The molecule has 0 spiro atoms. The molecule has 0 aromatic heterocycles. The van der Waals surface area contributed by atoms with Crippen LogP contribution in [0.5, 0.6) is 0 Å². The van der Waals surface area contributed by atoms with Gasteiger partial charge < -0.3 is 14.6 Å². The van der Waals surface area contributed by atoms with Crippen LogP contribution in [0.25, 0.3) is 0 Å². The van der Waals surface area contributed by atoms with Gasteiger partial charge in [0.1, 0.15) is 50.4 Å². The molecule has 0 aliphatic heterocycles. The molecule has 0 radical (unpaired) electrons. The minimum absolute atomic E-state index is 0.00343. The van der Waals surface area contributed by atoms with Crippen LogP contribution in [0.15, 0.2) is 0 Å². The van der Waals surface area contributed by atoms with Crippen molar-refractivity contribution in [3.8, 4) is 0 Å². The highest BCUT2D eigenvalue weighted by Gasteiger charge is 2.28. The average molecular weight is 436 g/mol.